The number of carbonyl (C=O) groups excluding carboxylic acids is 1. The van der Waals surface area contributed by atoms with Gasteiger partial charge in [-0.3, -0.25) is 14.9 Å². The summed E-state index contributed by atoms with van der Waals surface area (Å²) in [6.45, 7) is 0. The molecule has 0 fully saturated rings. The maximum atomic E-state index is 12.3. The van der Waals surface area contributed by atoms with Gasteiger partial charge in [-0.25, -0.2) is 0 Å². The lowest BCUT2D eigenvalue weighted by Gasteiger charge is -2.02. The van der Waals surface area contributed by atoms with Gasteiger partial charge in [0.1, 0.15) is 17.4 Å². The highest BCUT2D eigenvalue weighted by atomic mass is 35.5. The quantitative estimate of drug-likeness (QED) is 0.302. The average Bonchev–Trinajstić information content (AvgIpc) is 2.55. The van der Waals surface area contributed by atoms with Gasteiger partial charge in [-0.15, -0.1) is 0 Å². The maximum Gasteiger partial charge on any atom is 0.270 e. The van der Waals surface area contributed by atoms with Crippen LogP contribution < -0.4 is 0 Å². The smallest absolute Gasteiger partial charge is 0.270 e. The van der Waals surface area contributed by atoms with Crippen molar-refractivity contribution < 1.29 is 14.8 Å². The van der Waals surface area contributed by atoms with E-state index in [1.807, 2.05) is 0 Å². The lowest BCUT2D eigenvalue weighted by atomic mass is 10.0. The summed E-state index contributed by atoms with van der Waals surface area (Å²) in [7, 11) is 0. The Morgan fingerprint density at radius 2 is 2.04 bits per heavy atom. The number of phenols is 1. The second-order valence-corrected chi connectivity index (χ2v) is 4.95. The van der Waals surface area contributed by atoms with Crippen LogP contribution in [0.5, 0.6) is 5.75 Å². The van der Waals surface area contributed by atoms with Gasteiger partial charge >= 0.3 is 0 Å². The Labute approximate surface area is 136 Å². The molecular formula is C16H9ClN2O4. The first-order valence-electron chi connectivity index (χ1n) is 6.32. The number of nitro groups is 1. The van der Waals surface area contributed by atoms with Crippen LogP contribution in [-0.2, 0) is 0 Å². The highest BCUT2D eigenvalue weighted by Crippen LogP contribution is 2.25. The number of nitriles is 1. The summed E-state index contributed by atoms with van der Waals surface area (Å²) in [5, 5.41) is 30.0. The summed E-state index contributed by atoms with van der Waals surface area (Å²) in [6.07, 6.45) is 1.18. The molecule has 114 valence electrons. The molecular weight excluding hydrogens is 320 g/mol. The molecule has 2 aromatic carbocycles. The number of phenolic OH excluding ortho intramolecular Hbond substituents is 1. The Morgan fingerprint density at radius 3 is 2.70 bits per heavy atom. The standard InChI is InChI=1S/C16H9ClN2O4/c17-13-4-5-15(20)11(7-13)6-12(9-18)16(21)10-2-1-3-14(8-10)19(22)23/h1-8,20H/b12-6+. The number of Topliss-reactive ketones (excluding diaryl/α,β-unsaturated/α-hetero) is 1. The molecule has 0 aliphatic rings. The number of ketones is 1. The molecule has 0 aromatic heterocycles. The monoisotopic (exact) mass is 328 g/mol. The number of nitro benzene ring substituents is 1. The van der Waals surface area contributed by atoms with Gasteiger partial charge in [-0.1, -0.05) is 23.7 Å². The van der Waals surface area contributed by atoms with Gasteiger partial charge in [0.05, 0.1) is 4.92 Å². The Bertz CT molecular complexity index is 869. The molecule has 0 bridgehead atoms. The van der Waals surface area contributed by atoms with E-state index in [-0.39, 0.29) is 28.1 Å². The number of benzene rings is 2. The summed E-state index contributed by atoms with van der Waals surface area (Å²) < 4.78 is 0. The molecule has 2 aromatic rings. The zero-order chi connectivity index (χ0) is 17.0. The predicted molar refractivity (Wildman–Crippen MR) is 84.1 cm³/mol. The number of aromatic hydroxyl groups is 1. The van der Waals surface area contributed by atoms with Crippen molar-refractivity contribution in [3.63, 3.8) is 0 Å². The van der Waals surface area contributed by atoms with E-state index in [1.54, 1.807) is 6.07 Å². The molecule has 0 aliphatic heterocycles. The number of halogens is 1. The highest BCUT2D eigenvalue weighted by Gasteiger charge is 2.16. The Kier molecular flexibility index (Phi) is 4.74. The molecule has 0 atom stereocenters. The van der Waals surface area contributed by atoms with Crippen molar-refractivity contribution in [1.82, 2.24) is 0 Å². The van der Waals surface area contributed by atoms with Crippen molar-refractivity contribution in [2.24, 2.45) is 0 Å². The van der Waals surface area contributed by atoms with E-state index in [0.717, 1.165) is 6.07 Å². The van der Waals surface area contributed by atoms with Crippen LogP contribution in [0.4, 0.5) is 5.69 Å². The van der Waals surface area contributed by atoms with Crippen molar-refractivity contribution >= 4 is 29.1 Å². The van der Waals surface area contributed by atoms with Gasteiger partial charge in [0.25, 0.3) is 5.69 Å². The fourth-order valence-electron chi connectivity index (χ4n) is 1.86. The van der Waals surface area contributed by atoms with Crippen LogP contribution in [0.2, 0.25) is 5.02 Å². The van der Waals surface area contributed by atoms with Gasteiger partial charge in [0.2, 0.25) is 5.78 Å². The molecule has 0 heterocycles. The molecule has 7 heteroatoms. The second kappa shape index (κ2) is 6.73. The lowest BCUT2D eigenvalue weighted by molar-refractivity contribution is -0.384. The van der Waals surface area contributed by atoms with Crippen LogP contribution in [0.15, 0.2) is 48.0 Å². The first-order chi connectivity index (χ1) is 10.9. The minimum absolute atomic E-state index is 0.00789. The van der Waals surface area contributed by atoms with Crippen molar-refractivity contribution in [2.45, 2.75) is 0 Å². The third-order valence-corrected chi connectivity index (χ3v) is 3.21. The molecule has 6 nitrogen and oxygen atoms in total. The topological polar surface area (TPSA) is 104 Å². The van der Waals surface area contributed by atoms with Crippen LogP contribution >= 0.6 is 11.6 Å². The normalized spacial score (nSPS) is 10.9. The largest absolute Gasteiger partial charge is 0.507 e. The first kappa shape index (κ1) is 16.2. The molecule has 0 unspecified atom stereocenters. The van der Waals surface area contributed by atoms with E-state index < -0.39 is 10.7 Å². The molecule has 0 spiro atoms. The van der Waals surface area contributed by atoms with Crippen molar-refractivity contribution in [1.29, 1.82) is 5.26 Å². The maximum absolute atomic E-state index is 12.3. The van der Waals surface area contributed by atoms with Crippen molar-refractivity contribution in [3.8, 4) is 11.8 Å². The third kappa shape index (κ3) is 3.73. The Balaban J connectivity index is 2.45. The summed E-state index contributed by atoms with van der Waals surface area (Å²) in [4.78, 5) is 22.4. The van der Waals surface area contributed by atoms with Crippen molar-refractivity contribution in [2.75, 3.05) is 0 Å². The molecule has 0 radical (unpaired) electrons. The lowest BCUT2D eigenvalue weighted by Crippen LogP contribution is -2.02. The number of carbonyl (C=O) groups is 1. The van der Waals surface area contributed by atoms with Gasteiger partial charge in [0, 0.05) is 28.3 Å². The molecule has 0 amide bonds. The molecule has 0 saturated carbocycles. The third-order valence-electron chi connectivity index (χ3n) is 2.97. The SMILES string of the molecule is N#C/C(=C\c1cc(Cl)ccc1O)C(=O)c1cccc([N+](=O)[O-])c1. The number of allylic oxidation sites excluding steroid dienone is 1. The zero-order valence-corrected chi connectivity index (χ0v) is 12.3. The van der Waals surface area contributed by atoms with Gasteiger partial charge in [0.15, 0.2) is 0 Å². The van der Waals surface area contributed by atoms with Crippen molar-refractivity contribution in [3.05, 3.63) is 74.3 Å². The van der Waals surface area contributed by atoms with Gasteiger partial charge in [-0.05, 0) is 24.3 Å². The van der Waals surface area contributed by atoms with Gasteiger partial charge in [-0.2, -0.15) is 5.26 Å². The summed E-state index contributed by atoms with van der Waals surface area (Å²) >= 11 is 5.81. The van der Waals surface area contributed by atoms with Crippen LogP contribution in [0.3, 0.4) is 0 Å². The Hall–Kier alpha value is -3.17. The molecule has 0 aliphatic carbocycles. The van der Waals surface area contributed by atoms with Crippen LogP contribution in [0, 0.1) is 21.4 Å². The highest BCUT2D eigenvalue weighted by molar-refractivity contribution is 6.30. The minimum atomic E-state index is -0.685. The molecule has 2 rings (SSSR count). The van der Waals surface area contributed by atoms with E-state index in [9.17, 15) is 25.3 Å². The van der Waals surface area contributed by atoms with E-state index >= 15 is 0 Å². The van der Waals surface area contributed by atoms with E-state index in [1.165, 1.54) is 42.5 Å². The number of hydrogen-bond acceptors (Lipinski definition) is 5. The van der Waals surface area contributed by atoms with Crippen LogP contribution in [-0.4, -0.2) is 15.8 Å². The van der Waals surface area contributed by atoms with Gasteiger partial charge < -0.3 is 5.11 Å². The first-order valence-corrected chi connectivity index (χ1v) is 6.69. The molecule has 1 N–H and O–H groups in total. The average molecular weight is 329 g/mol. The van der Waals surface area contributed by atoms with E-state index in [4.69, 9.17) is 11.6 Å². The number of rotatable bonds is 4. The molecule has 23 heavy (non-hydrogen) atoms. The minimum Gasteiger partial charge on any atom is -0.507 e. The van der Waals surface area contributed by atoms with Crippen LogP contribution in [0.1, 0.15) is 15.9 Å². The number of nitrogens with zero attached hydrogens (tertiary/aromatic N) is 2. The number of hydrogen-bond donors (Lipinski definition) is 1. The second-order valence-electron chi connectivity index (χ2n) is 4.51. The fraction of sp³-hybridized carbons (Fsp3) is 0. The van der Waals surface area contributed by atoms with Crippen LogP contribution in [0.25, 0.3) is 6.08 Å². The van der Waals surface area contributed by atoms with E-state index in [0.29, 0.717) is 5.02 Å². The summed E-state index contributed by atoms with van der Waals surface area (Å²) in [6, 6.07) is 11.0. The predicted octanol–water partition coefficient (Wildman–Crippen LogP) is 3.74. The zero-order valence-electron chi connectivity index (χ0n) is 11.6. The number of non-ortho nitro benzene ring substituents is 1. The Morgan fingerprint density at radius 1 is 1.30 bits per heavy atom. The fourth-order valence-corrected chi connectivity index (χ4v) is 2.04. The van der Waals surface area contributed by atoms with E-state index in [2.05, 4.69) is 0 Å². The summed E-state index contributed by atoms with van der Waals surface area (Å²) in [5.74, 6) is -0.829. The molecule has 0 saturated heterocycles. The summed E-state index contributed by atoms with van der Waals surface area (Å²) in [5.41, 5.74) is -0.317.